The van der Waals surface area contributed by atoms with Gasteiger partial charge in [-0.1, -0.05) is 94.9 Å². The van der Waals surface area contributed by atoms with Crippen molar-refractivity contribution >= 4 is 47.8 Å². The number of thioether (sulfide) groups is 1. The highest BCUT2D eigenvalue weighted by molar-refractivity contribution is 14.2. The molecule has 1 amide bonds. The topological polar surface area (TPSA) is 58.4 Å². The average molecular weight is 809 g/mol. The molecule has 10 heteroatoms. The van der Waals surface area contributed by atoms with Crippen molar-refractivity contribution in [2.45, 2.75) is 63.5 Å². The summed E-state index contributed by atoms with van der Waals surface area (Å²) in [5, 5.41) is 0.535. The summed E-state index contributed by atoms with van der Waals surface area (Å²) >= 11 is 3.71. The van der Waals surface area contributed by atoms with Crippen molar-refractivity contribution in [3.05, 3.63) is 117 Å². The first kappa shape index (κ1) is 37.2. The van der Waals surface area contributed by atoms with E-state index < -0.39 is 0 Å². The summed E-state index contributed by atoms with van der Waals surface area (Å²) in [4.78, 5) is 35.9. The van der Waals surface area contributed by atoms with Gasteiger partial charge in [0.1, 0.15) is 12.4 Å². The molecule has 0 atom stereocenters. The van der Waals surface area contributed by atoms with Crippen LogP contribution in [0.3, 0.4) is 0 Å². The lowest BCUT2D eigenvalue weighted by Crippen LogP contribution is -2.40. The van der Waals surface area contributed by atoms with E-state index in [9.17, 15) is 14.0 Å². The fraction of sp³-hybridized carbons (Fsp3) is 0.359. The minimum Gasteiger partial charge on any atom is -0.336 e. The van der Waals surface area contributed by atoms with E-state index in [4.69, 9.17) is 0 Å². The number of halogens is 2. The highest BCUT2D eigenvalue weighted by Crippen LogP contribution is 2.27. The zero-order valence-electron chi connectivity index (χ0n) is 28.1. The predicted molar refractivity (Wildman–Crippen MR) is 210 cm³/mol. The Hall–Kier alpha value is -3.11. The smallest absolute Gasteiger partial charge is 0.277 e. The van der Waals surface area contributed by atoms with Gasteiger partial charge in [0, 0.05) is 54.4 Å². The summed E-state index contributed by atoms with van der Waals surface area (Å²) in [6.45, 7) is 8.07. The molecule has 0 bridgehead atoms. The molecular formula is C39H42FIN4O2S2. The third-order valence-corrected chi connectivity index (χ3v) is 11.5. The molecular weight excluding hydrogens is 766 g/mol. The van der Waals surface area contributed by atoms with Crippen LogP contribution >= 0.6 is 41.9 Å². The van der Waals surface area contributed by atoms with Crippen LogP contribution in [-0.4, -0.2) is 57.2 Å². The third-order valence-electron chi connectivity index (χ3n) is 8.79. The Morgan fingerprint density at radius 3 is 2.29 bits per heavy atom. The number of nitrogens with zero attached hydrogens (tertiary/aromatic N) is 4. The van der Waals surface area contributed by atoms with Gasteiger partial charge in [0.2, 0.25) is 5.91 Å². The fourth-order valence-electron chi connectivity index (χ4n) is 5.94. The number of hydrogen-bond acceptors (Lipinski definition) is 6. The Morgan fingerprint density at radius 2 is 1.61 bits per heavy atom. The Bertz CT molecular complexity index is 1820. The Morgan fingerprint density at radius 1 is 0.939 bits per heavy atom. The minimum atomic E-state index is -0.289. The monoisotopic (exact) mass is 808 g/mol. The molecule has 1 aromatic heterocycles. The molecule has 4 aromatic rings. The summed E-state index contributed by atoms with van der Waals surface area (Å²) in [5.41, 5.74) is 6.67. The van der Waals surface area contributed by atoms with Crippen molar-refractivity contribution in [2.24, 2.45) is 0 Å². The van der Waals surface area contributed by atoms with Crippen LogP contribution < -0.4 is 5.56 Å². The maximum Gasteiger partial charge on any atom is 0.277 e. The van der Waals surface area contributed by atoms with Crippen molar-refractivity contribution in [3.8, 4) is 23.0 Å². The van der Waals surface area contributed by atoms with Gasteiger partial charge >= 0.3 is 0 Å². The van der Waals surface area contributed by atoms with Crippen molar-refractivity contribution in [1.82, 2.24) is 19.4 Å². The van der Waals surface area contributed by atoms with E-state index in [1.54, 1.807) is 21.1 Å². The number of amides is 1. The Labute approximate surface area is 309 Å². The Kier molecular flexibility index (Phi) is 14.2. The molecule has 1 aliphatic carbocycles. The summed E-state index contributed by atoms with van der Waals surface area (Å²) in [6, 6.07) is 23.1. The second kappa shape index (κ2) is 18.8. The SMILES string of the molecule is CCN(CC)CCN(Cc1ccc(-c2ccc(C#CCCSI)cc2)cc1)C(=O)Cn1c(SCc2ccc(F)cc2)nc(=O)c2c1CCC2. The third kappa shape index (κ3) is 10.5. The number of rotatable bonds is 15. The van der Waals surface area contributed by atoms with E-state index in [2.05, 4.69) is 105 Å². The van der Waals surface area contributed by atoms with Crippen LogP contribution in [0.25, 0.3) is 11.1 Å². The second-order valence-corrected chi connectivity index (χ2v) is 15.4. The highest BCUT2D eigenvalue weighted by Gasteiger charge is 2.25. The van der Waals surface area contributed by atoms with E-state index in [-0.39, 0.29) is 23.8 Å². The van der Waals surface area contributed by atoms with Crippen molar-refractivity contribution in [2.75, 3.05) is 31.9 Å². The van der Waals surface area contributed by atoms with Gasteiger partial charge in [0.25, 0.3) is 5.56 Å². The summed E-state index contributed by atoms with van der Waals surface area (Å²) in [6.07, 6.45) is 3.19. The maximum absolute atomic E-state index is 14.2. The quantitative estimate of drug-likeness (QED) is 0.0399. The minimum absolute atomic E-state index is 0.00630. The number of fused-ring (bicyclic) bond motifs is 1. The standard InChI is InChI=1S/C39H42FIN4O2S2/c1-3-43(4-2)23-24-44(26-30-13-19-33(20-14-30)32-17-11-29(12-18-32)8-5-6-25-49-41)37(46)27-45-36-10-7-9-35(36)38(47)42-39(45)48-28-31-15-21-34(40)22-16-31/h11-22H,3-4,6-7,9-10,23-28H2,1-2H3. The Balaban J connectivity index is 1.34. The molecule has 49 heavy (non-hydrogen) atoms. The molecule has 0 saturated heterocycles. The van der Waals surface area contributed by atoms with Crippen LogP contribution in [0, 0.1) is 17.7 Å². The van der Waals surface area contributed by atoms with Crippen LogP contribution in [0.4, 0.5) is 4.39 Å². The van der Waals surface area contributed by atoms with Gasteiger partial charge in [0.05, 0.1) is 0 Å². The maximum atomic E-state index is 14.2. The molecule has 3 aromatic carbocycles. The van der Waals surface area contributed by atoms with Gasteiger partial charge in [-0.3, -0.25) is 9.59 Å². The zero-order chi connectivity index (χ0) is 34.6. The van der Waals surface area contributed by atoms with Crippen molar-refractivity contribution < 1.29 is 9.18 Å². The first-order valence-electron chi connectivity index (χ1n) is 16.8. The molecule has 0 unspecified atom stereocenters. The molecule has 256 valence electrons. The molecule has 0 radical (unpaired) electrons. The molecule has 1 aliphatic rings. The first-order chi connectivity index (χ1) is 23.9. The average Bonchev–Trinajstić information content (AvgIpc) is 3.63. The van der Waals surface area contributed by atoms with Gasteiger partial charge < -0.3 is 14.4 Å². The molecule has 0 saturated carbocycles. The number of carbonyl (C=O) groups excluding carboxylic acids is 1. The molecule has 1 heterocycles. The number of carbonyl (C=O) groups is 1. The predicted octanol–water partition coefficient (Wildman–Crippen LogP) is 8.03. The molecule has 0 spiro atoms. The molecule has 6 nitrogen and oxygen atoms in total. The van der Waals surface area contributed by atoms with E-state index in [0.29, 0.717) is 30.4 Å². The van der Waals surface area contributed by atoms with E-state index in [1.165, 1.54) is 23.9 Å². The number of likely N-dealkylation sites (N-methyl/N-ethyl adjacent to an activating group) is 1. The zero-order valence-corrected chi connectivity index (χ0v) is 31.9. The number of benzene rings is 3. The normalized spacial score (nSPS) is 12.1. The van der Waals surface area contributed by atoms with Crippen LogP contribution in [0.5, 0.6) is 0 Å². The largest absolute Gasteiger partial charge is 0.336 e. The highest BCUT2D eigenvalue weighted by atomic mass is 127. The van der Waals surface area contributed by atoms with Crippen LogP contribution in [0.2, 0.25) is 0 Å². The summed E-state index contributed by atoms with van der Waals surface area (Å²) < 4.78 is 15.5. The summed E-state index contributed by atoms with van der Waals surface area (Å²) in [5.74, 6) is 7.72. The second-order valence-electron chi connectivity index (χ2n) is 12.0. The lowest BCUT2D eigenvalue weighted by atomic mass is 10.0. The molecule has 0 fully saturated rings. The number of aromatic nitrogens is 2. The van der Waals surface area contributed by atoms with Gasteiger partial charge in [-0.25, -0.2) is 4.39 Å². The van der Waals surface area contributed by atoms with Crippen molar-refractivity contribution in [3.63, 3.8) is 0 Å². The lowest BCUT2D eigenvalue weighted by Gasteiger charge is -2.28. The molecule has 0 aliphatic heterocycles. The van der Waals surface area contributed by atoms with Crippen LogP contribution in [0.15, 0.2) is 82.7 Å². The molecule has 0 N–H and O–H groups in total. The summed E-state index contributed by atoms with van der Waals surface area (Å²) in [7, 11) is 1.77. The van der Waals surface area contributed by atoms with Gasteiger partial charge in [-0.15, -0.1) is 0 Å². The number of hydrogen-bond donors (Lipinski definition) is 0. The van der Waals surface area contributed by atoms with E-state index >= 15 is 0 Å². The lowest BCUT2D eigenvalue weighted by molar-refractivity contribution is -0.132. The molecule has 5 rings (SSSR count). The van der Waals surface area contributed by atoms with Gasteiger partial charge in [-0.05, 0) is 100 Å². The van der Waals surface area contributed by atoms with Gasteiger partial charge in [-0.2, -0.15) is 4.98 Å². The first-order valence-corrected chi connectivity index (χ1v) is 21.3. The van der Waals surface area contributed by atoms with E-state index in [1.807, 2.05) is 9.47 Å². The van der Waals surface area contributed by atoms with Crippen LogP contribution in [-0.2, 0) is 36.5 Å². The van der Waals surface area contributed by atoms with Gasteiger partial charge in [0.15, 0.2) is 5.16 Å². The van der Waals surface area contributed by atoms with Crippen LogP contribution in [0.1, 0.15) is 54.6 Å². The van der Waals surface area contributed by atoms with Crippen molar-refractivity contribution in [1.29, 1.82) is 0 Å². The van der Waals surface area contributed by atoms with E-state index in [0.717, 1.165) is 83.7 Å². The fourth-order valence-corrected chi connectivity index (χ4v) is 7.75.